The minimum absolute atomic E-state index is 0.165. The Morgan fingerprint density at radius 1 is 0.935 bits per heavy atom. The number of thioether (sulfide) groups is 1. The molecule has 1 aromatic heterocycles. The summed E-state index contributed by atoms with van der Waals surface area (Å²) >= 11 is 1.25. The highest BCUT2D eigenvalue weighted by Gasteiger charge is 2.13. The number of fused-ring (bicyclic) bond motifs is 1. The predicted molar refractivity (Wildman–Crippen MR) is 118 cm³/mol. The standard InChI is InChI=1S/C22H20N4O4S/c1-14-2-4-15(5-3-14)22(28)24-19-8-9-21(26-25-19)31-13-20(27)23-16-6-7-17-18(12-16)30-11-10-29-17/h2-9,12H,10-11,13H2,1H3,(H,23,27)(H,24,25,28). The minimum atomic E-state index is -0.256. The highest BCUT2D eigenvalue weighted by Crippen LogP contribution is 2.32. The number of nitrogens with zero attached hydrogens (tertiary/aromatic N) is 2. The lowest BCUT2D eigenvalue weighted by Gasteiger charge is -2.18. The lowest BCUT2D eigenvalue weighted by atomic mass is 10.1. The topological polar surface area (TPSA) is 102 Å². The number of carbonyl (C=O) groups excluding carboxylic acids is 2. The number of benzene rings is 2. The van der Waals surface area contributed by atoms with Crippen molar-refractivity contribution < 1.29 is 19.1 Å². The molecule has 2 heterocycles. The quantitative estimate of drug-likeness (QED) is 0.570. The molecule has 1 aliphatic rings. The molecule has 8 nitrogen and oxygen atoms in total. The van der Waals surface area contributed by atoms with Crippen molar-refractivity contribution >= 4 is 35.1 Å². The van der Waals surface area contributed by atoms with Gasteiger partial charge < -0.3 is 20.1 Å². The zero-order chi connectivity index (χ0) is 21.6. The van der Waals surface area contributed by atoms with Crippen LogP contribution in [-0.4, -0.2) is 41.0 Å². The fourth-order valence-electron chi connectivity index (χ4n) is 2.81. The molecule has 0 atom stereocenters. The summed E-state index contributed by atoms with van der Waals surface area (Å²) in [4.78, 5) is 24.5. The summed E-state index contributed by atoms with van der Waals surface area (Å²) in [7, 11) is 0. The minimum Gasteiger partial charge on any atom is -0.486 e. The Hall–Kier alpha value is -3.59. The van der Waals surface area contributed by atoms with Gasteiger partial charge in [0.05, 0.1) is 5.75 Å². The Morgan fingerprint density at radius 2 is 1.71 bits per heavy atom. The van der Waals surface area contributed by atoms with Gasteiger partial charge in [0, 0.05) is 17.3 Å². The number of anilines is 2. The number of aromatic nitrogens is 2. The number of ether oxygens (including phenoxy) is 2. The number of aryl methyl sites for hydroxylation is 1. The van der Waals surface area contributed by atoms with Gasteiger partial charge in [-0.15, -0.1) is 10.2 Å². The van der Waals surface area contributed by atoms with Crippen LogP contribution in [0.4, 0.5) is 11.5 Å². The van der Waals surface area contributed by atoms with E-state index in [1.807, 2.05) is 19.1 Å². The van der Waals surface area contributed by atoms with Crippen molar-refractivity contribution in [3.63, 3.8) is 0 Å². The van der Waals surface area contributed by atoms with Gasteiger partial charge >= 0.3 is 0 Å². The normalized spacial score (nSPS) is 12.2. The fourth-order valence-corrected chi connectivity index (χ4v) is 3.43. The average Bonchev–Trinajstić information content (AvgIpc) is 2.79. The number of hydrogen-bond acceptors (Lipinski definition) is 7. The molecule has 2 amide bonds. The fraction of sp³-hybridized carbons (Fsp3) is 0.182. The molecule has 2 aromatic carbocycles. The van der Waals surface area contributed by atoms with Gasteiger partial charge in [-0.1, -0.05) is 29.5 Å². The SMILES string of the molecule is Cc1ccc(C(=O)Nc2ccc(SCC(=O)Nc3ccc4c(c3)OCCO4)nn2)cc1. The molecule has 0 radical (unpaired) electrons. The predicted octanol–water partition coefficient (Wildman–Crippen LogP) is 3.54. The van der Waals surface area contributed by atoms with E-state index >= 15 is 0 Å². The maximum Gasteiger partial charge on any atom is 0.256 e. The summed E-state index contributed by atoms with van der Waals surface area (Å²) in [6, 6.07) is 15.9. The summed E-state index contributed by atoms with van der Waals surface area (Å²) in [5.74, 6) is 1.36. The van der Waals surface area contributed by atoms with E-state index in [-0.39, 0.29) is 17.6 Å². The van der Waals surface area contributed by atoms with E-state index in [1.54, 1.807) is 42.5 Å². The molecular formula is C22H20N4O4S. The molecule has 0 aliphatic carbocycles. The van der Waals surface area contributed by atoms with Crippen molar-refractivity contribution in [2.24, 2.45) is 0 Å². The summed E-state index contributed by atoms with van der Waals surface area (Å²) in [6.45, 7) is 2.96. The van der Waals surface area contributed by atoms with Gasteiger partial charge in [0.2, 0.25) is 5.91 Å². The third kappa shape index (κ3) is 5.52. The molecule has 31 heavy (non-hydrogen) atoms. The van der Waals surface area contributed by atoms with E-state index in [1.165, 1.54) is 11.8 Å². The van der Waals surface area contributed by atoms with E-state index in [2.05, 4.69) is 20.8 Å². The molecule has 1 aliphatic heterocycles. The summed E-state index contributed by atoms with van der Waals surface area (Å²) < 4.78 is 11.0. The molecule has 0 bridgehead atoms. The Balaban J connectivity index is 1.27. The van der Waals surface area contributed by atoms with Crippen molar-refractivity contribution in [3.05, 3.63) is 65.7 Å². The van der Waals surface area contributed by atoms with Gasteiger partial charge in [0.1, 0.15) is 18.2 Å². The van der Waals surface area contributed by atoms with Crippen LogP contribution in [0.3, 0.4) is 0 Å². The van der Waals surface area contributed by atoms with Crippen LogP contribution in [0.2, 0.25) is 0 Å². The van der Waals surface area contributed by atoms with Crippen molar-refractivity contribution in [3.8, 4) is 11.5 Å². The molecule has 0 spiro atoms. The van der Waals surface area contributed by atoms with Gasteiger partial charge in [-0.3, -0.25) is 9.59 Å². The van der Waals surface area contributed by atoms with Crippen LogP contribution >= 0.6 is 11.8 Å². The van der Waals surface area contributed by atoms with Gasteiger partial charge in [-0.2, -0.15) is 0 Å². The Kier molecular flexibility index (Phi) is 6.32. The van der Waals surface area contributed by atoms with E-state index in [0.717, 1.165) is 5.56 Å². The molecule has 0 unspecified atom stereocenters. The molecule has 0 saturated heterocycles. The summed E-state index contributed by atoms with van der Waals surface area (Å²) in [5.41, 5.74) is 2.26. The molecule has 0 fully saturated rings. The van der Waals surface area contributed by atoms with Crippen LogP contribution in [0.25, 0.3) is 0 Å². The first kappa shape index (κ1) is 20.7. The van der Waals surface area contributed by atoms with E-state index in [4.69, 9.17) is 9.47 Å². The number of hydrogen-bond donors (Lipinski definition) is 2. The maximum atomic E-state index is 12.2. The average molecular weight is 436 g/mol. The third-order valence-corrected chi connectivity index (χ3v) is 5.29. The number of carbonyl (C=O) groups is 2. The first-order valence-electron chi connectivity index (χ1n) is 9.61. The van der Waals surface area contributed by atoms with Crippen LogP contribution in [0.1, 0.15) is 15.9 Å². The van der Waals surface area contributed by atoms with Crippen LogP contribution in [-0.2, 0) is 4.79 Å². The number of rotatable bonds is 6. The smallest absolute Gasteiger partial charge is 0.256 e. The van der Waals surface area contributed by atoms with Crippen LogP contribution in [0.5, 0.6) is 11.5 Å². The summed E-state index contributed by atoms with van der Waals surface area (Å²) in [5, 5.41) is 14.2. The second-order valence-corrected chi connectivity index (χ2v) is 7.77. The monoisotopic (exact) mass is 436 g/mol. The Morgan fingerprint density at radius 3 is 2.45 bits per heavy atom. The second-order valence-electron chi connectivity index (χ2n) is 6.77. The lowest BCUT2D eigenvalue weighted by Crippen LogP contribution is -2.17. The maximum absolute atomic E-state index is 12.2. The van der Waals surface area contributed by atoms with Gasteiger partial charge in [-0.05, 0) is 43.3 Å². The zero-order valence-electron chi connectivity index (χ0n) is 16.8. The Bertz CT molecular complexity index is 1090. The van der Waals surface area contributed by atoms with Crippen molar-refractivity contribution in [2.45, 2.75) is 11.9 Å². The molecule has 3 aromatic rings. The van der Waals surface area contributed by atoms with Gasteiger partial charge in [-0.25, -0.2) is 0 Å². The Labute approximate surface area is 183 Å². The van der Waals surface area contributed by atoms with Crippen molar-refractivity contribution in [1.82, 2.24) is 10.2 Å². The second kappa shape index (κ2) is 9.48. The number of nitrogens with one attached hydrogen (secondary N) is 2. The molecular weight excluding hydrogens is 416 g/mol. The lowest BCUT2D eigenvalue weighted by molar-refractivity contribution is -0.113. The highest BCUT2D eigenvalue weighted by atomic mass is 32.2. The van der Waals surface area contributed by atoms with Crippen LogP contribution in [0.15, 0.2) is 59.6 Å². The van der Waals surface area contributed by atoms with E-state index < -0.39 is 0 Å². The molecule has 4 rings (SSSR count). The molecule has 0 saturated carbocycles. The third-order valence-electron chi connectivity index (χ3n) is 4.37. The van der Waals surface area contributed by atoms with Crippen molar-refractivity contribution in [2.75, 3.05) is 29.6 Å². The highest BCUT2D eigenvalue weighted by molar-refractivity contribution is 7.99. The molecule has 9 heteroatoms. The van der Waals surface area contributed by atoms with Crippen LogP contribution < -0.4 is 20.1 Å². The summed E-state index contributed by atoms with van der Waals surface area (Å²) in [6.07, 6.45) is 0. The van der Waals surface area contributed by atoms with Crippen molar-refractivity contribution in [1.29, 1.82) is 0 Å². The van der Waals surface area contributed by atoms with Crippen LogP contribution in [0, 0.1) is 6.92 Å². The largest absolute Gasteiger partial charge is 0.486 e. The first-order chi connectivity index (χ1) is 15.1. The number of amides is 2. The first-order valence-corrected chi connectivity index (χ1v) is 10.6. The van der Waals surface area contributed by atoms with Gasteiger partial charge in [0.25, 0.3) is 5.91 Å². The van der Waals surface area contributed by atoms with E-state index in [9.17, 15) is 9.59 Å². The molecule has 2 N–H and O–H groups in total. The molecule has 158 valence electrons. The van der Waals surface area contributed by atoms with E-state index in [0.29, 0.717) is 46.8 Å². The van der Waals surface area contributed by atoms with Gasteiger partial charge in [0.15, 0.2) is 17.3 Å². The zero-order valence-corrected chi connectivity index (χ0v) is 17.6.